The molecule has 0 saturated carbocycles. The molecule has 0 atom stereocenters. The highest BCUT2D eigenvalue weighted by atomic mass is 35.5. The molecule has 1 amide bonds. The van der Waals surface area contributed by atoms with Crippen LogP contribution < -0.4 is 10.9 Å². The molecule has 3 aromatic carbocycles. The maximum atomic E-state index is 12.4. The lowest BCUT2D eigenvalue weighted by Gasteiger charge is -2.07. The molecule has 0 bridgehead atoms. The van der Waals surface area contributed by atoms with Gasteiger partial charge in [0.15, 0.2) is 0 Å². The first kappa shape index (κ1) is 21.1. The van der Waals surface area contributed by atoms with Gasteiger partial charge >= 0.3 is 0 Å². The van der Waals surface area contributed by atoms with E-state index < -0.39 is 0 Å². The number of anilines is 1. The normalized spacial score (nSPS) is 10.9. The molecule has 33 heavy (non-hydrogen) atoms. The number of hydrogen-bond donors (Lipinski definition) is 1. The Balaban J connectivity index is 1.41. The molecule has 0 radical (unpaired) electrons. The summed E-state index contributed by atoms with van der Waals surface area (Å²) in [5, 5.41) is 3.59. The number of carbonyl (C=O) groups excluding carboxylic acids is 1. The van der Waals surface area contributed by atoms with Crippen molar-refractivity contribution in [2.45, 2.75) is 6.54 Å². The second-order valence-corrected chi connectivity index (χ2v) is 9.02. The van der Waals surface area contributed by atoms with E-state index in [0.717, 1.165) is 21.5 Å². The van der Waals surface area contributed by atoms with Crippen LogP contribution in [0.4, 0.5) is 5.69 Å². The van der Waals surface area contributed by atoms with Crippen molar-refractivity contribution in [1.29, 1.82) is 0 Å². The number of carbonyl (C=O) groups is 1. The summed E-state index contributed by atoms with van der Waals surface area (Å²) in [7, 11) is 0. The maximum absolute atomic E-state index is 12.4. The van der Waals surface area contributed by atoms with Crippen molar-refractivity contribution in [2.75, 3.05) is 5.32 Å². The first-order valence-corrected chi connectivity index (χ1v) is 11.5. The van der Waals surface area contributed by atoms with E-state index in [1.165, 1.54) is 11.3 Å². The van der Waals surface area contributed by atoms with Crippen LogP contribution in [0.1, 0.15) is 15.9 Å². The Morgan fingerprint density at radius 1 is 0.970 bits per heavy atom. The minimum atomic E-state index is -0.236. The Morgan fingerprint density at radius 3 is 2.42 bits per heavy atom. The fourth-order valence-corrected chi connectivity index (χ4v) is 4.75. The van der Waals surface area contributed by atoms with Crippen LogP contribution in [0.3, 0.4) is 0 Å². The van der Waals surface area contributed by atoms with Gasteiger partial charge in [0.25, 0.3) is 11.5 Å². The Morgan fingerprint density at radius 2 is 1.70 bits per heavy atom. The van der Waals surface area contributed by atoms with Crippen LogP contribution >= 0.6 is 22.9 Å². The van der Waals surface area contributed by atoms with E-state index in [1.807, 2.05) is 77.4 Å². The lowest BCUT2D eigenvalue weighted by molar-refractivity contribution is 0.102. The zero-order valence-electron chi connectivity index (χ0n) is 17.4. The number of fused-ring (bicyclic) bond motifs is 1. The number of benzene rings is 3. The van der Waals surface area contributed by atoms with Crippen molar-refractivity contribution in [3.05, 3.63) is 118 Å². The zero-order valence-corrected chi connectivity index (χ0v) is 18.9. The highest BCUT2D eigenvalue weighted by Gasteiger charge is 2.12. The minimum Gasteiger partial charge on any atom is -0.326 e. The van der Waals surface area contributed by atoms with Crippen LogP contribution in [0.2, 0.25) is 5.02 Å². The largest absolute Gasteiger partial charge is 0.326 e. The van der Waals surface area contributed by atoms with Gasteiger partial charge < -0.3 is 9.88 Å². The fraction of sp³-hybridized carbons (Fsp3) is 0.0385. The summed E-state index contributed by atoms with van der Waals surface area (Å²) < 4.78 is 2.58. The summed E-state index contributed by atoms with van der Waals surface area (Å²) in [6, 6.07) is 26.3. The highest BCUT2D eigenvalue weighted by molar-refractivity contribution is 7.22. The second kappa shape index (κ2) is 9.02. The number of nitrogens with zero attached hydrogens (tertiary/aromatic N) is 2. The molecule has 0 aliphatic rings. The molecular weight excluding hydrogens is 454 g/mol. The highest BCUT2D eigenvalue weighted by Crippen LogP contribution is 2.32. The van der Waals surface area contributed by atoms with Gasteiger partial charge in [-0.15, -0.1) is 11.3 Å². The number of rotatable bonds is 5. The standard InChI is InChI=1S/C26H18ClN3O2S/c27-20-10-6-17(7-11-20)15-30-16-28-26(32)24-22(30)14-23(33-24)18-8-12-21(13-9-18)29-25(31)19-4-2-1-3-5-19/h1-14,16H,15H2,(H,29,31). The summed E-state index contributed by atoms with van der Waals surface area (Å²) in [6.07, 6.45) is 1.58. The topological polar surface area (TPSA) is 64.0 Å². The first-order valence-electron chi connectivity index (χ1n) is 10.3. The molecule has 2 aromatic heterocycles. The summed E-state index contributed by atoms with van der Waals surface area (Å²) in [6.45, 7) is 0.585. The number of hydrogen-bond acceptors (Lipinski definition) is 4. The number of halogens is 1. The first-order chi connectivity index (χ1) is 16.1. The van der Waals surface area contributed by atoms with Crippen molar-refractivity contribution in [3.8, 4) is 10.4 Å². The van der Waals surface area contributed by atoms with Crippen LogP contribution in [0.15, 0.2) is 96.1 Å². The average molecular weight is 472 g/mol. The van der Waals surface area contributed by atoms with Gasteiger partial charge in [0.1, 0.15) is 4.70 Å². The molecule has 0 unspecified atom stereocenters. The van der Waals surface area contributed by atoms with Crippen LogP contribution in [0, 0.1) is 0 Å². The molecule has 1 N–H and O–H groups in total. The monoisotopic (exact) mass is 471 g/mol. The van der Waals surface area contributed by atoms with E-state index in [-0.39, 0.29) is 11.5 Å². The molecule has 7 heteroatoms. The molecule has 0 spiro atoms. The molecule has 0 fully saturated rings. The summed E-state index contributed by atoms with van der Waals surface area (Å²) >= 11 is 7.41. The Bertz CT molecular complexity index is 1490. The van der Waals surface area contributed by atoms with Crippen molar-refractivity contribution in [3.63, 3.8) is 0 Å². The lowest BCUT2D eigenvalue weighted by atomic mass is 10.1. The third-order valence-corrected chi connectivity index (χ3v) is 6.67. The van der Waals surface area contributed by atoms with E-state index in [0.29, 0.717) is 27.5 Å². The molecule has 0 aliphatic carbocycles. The second-order valence-electron chi connectivity index (χ2n) is 7.53. The third kappa shape index (κ3) is 4.58. The minimum absolute atomic E-state index is 0.157. The zero-order chi connectivity index (χ0) is 22.8. The van der Waals surface area contributed by atoms with Crippen LogP contribution in [0.25, 0.3) is 20.7 Å². The van der Waals surface area contributed by atoms with Crippen molar-refractivity contribution in [1.82, 2.24) is 9.55 Å². The van der Waals surface area contributed by atoms with E-state index in [1.54, 1.807) is 18.5 Å². The molecule has 162 valence electrons. The average Bonchev–Trinajstić information content (AvgIpc) is 3.30. The molecule has 0 saturated heterocycles. The maximum Gasteiger partial charge on any atom is 0.290 e. The molecule has 5 rings (SSSR count). The van der Waals surface area contributed by atoms with E-state index in [2.05, 4.69) is 10.3 Å². The van der Waals surface area contributed by atoms with Gasteiger partial charge in [0.2, 0.25) is 0 Å². The Labute approximate surface area is 198 Å². The number of amides is 1. The van der Waals surface area contributed by atoms with Gasteiger partial charge in [-0.05, 0) is 53.6 Å². The van der Waals surface area contributed by atoms with Gasteiger partial charge in [-0.1, -0.05) is 54.1 Å². The van der Waals surface area contributed by atoms with Gasteiger partial charge in [0, 0.05) is 27.7 Å². The van der Waals surface area contributed by atoms with E-state index >= 15 is 0 Å². The van der Waals surface area contributed by atoms with Crippen LogP contribution in [0.5, 0.6) is 0 Å². The van der Waals surface area contributed by atoms with E-state index in [9.17, 15) is 9.59 Å². The van der Waals surface area contributed by atoms with Crippen LogP contribution in [-0.2, 0) is 6.54 Å². The predicted octanol–water partition coefficient (Wildman–Crippen LogP) is 6.08. The van der Waals surface area contributed by atoms with Gasteiger partial charge in [0.05, 0.1) is 11.8 Å². The predicted molar refractivity (Wildman–Crippen MR) is 134 cm³/mol. The Hall–Kier alpha value is -3.74. The Kier molecular flexibility index (Phi) is 5.77. The SMILES string of the molecule is O=C(Nc1ccc(-c2cc3c(s2)c(=O)ncn3Cc2ccc(Cl)cc2)cc1)c1ccccc1. The van der Waals surface area contributed by atoms with E-state index in [4.69, 9.17) is 11.6 Å². The molecule has 5 nitrogen and oxygen atoms in total. The van der Waals surface area contributed by atoms with Crippen molar-refractivity contribution in [2.24, 2.45) is 0 Å². The summed E-state index contributed by atoms with van der Waals surface area (Å²) in [5.41, 5.74) is 3.94. The molecule has 0 aliphatic heterocycles. The summed E-state index contributed by atoms with van der Waals surface area (Å²) in [5.74, 6) is -0.157. The van der Waals surface area contributed by atoms with Crippen molar-refractivity contribution >= 4 is 44.7 Å². The lowest BCUT2D eigenvalue weighted by Crippen LogP contribution is -2.11. The third-order valence-electron chi connectivity index (χ3n) is 5.26. The van der Waals surface area contributed by atoms with Gasteiger partial charge in [-0.2, -0.15) is 4.98 Å². The quantitative estimate of drug-likeness (QED) is 0.338. The number of nitrogens with one attached hydrogen (secondary N) is 1. The number of aromatic nitrogens is 2. The smallest absolute Gasteiger partial charge is 0.290 e. The van der Waals surface area contributed by atoms with Crippen LogP contribution in [-0.4, -0.2) is 15.5 Å². The van der Waals surface area contributed by atoms with Gasteiger partial charge in [-0.3, -0.25) is 9.59 Å². The molecular formula is C26H18ClN3O2S. The molecule has 2 heterocycles. The number of thiophene rings is 1. The summed E-state index contributed by atoms with van der Waals surface area (Å²) in [4.78, 5) is 29.8. The fourth-order valence-electron chi connectivity index (χ4n) is 3.56. The molecule has 5 aromatic rings. The van der Waals surface area contributed by atoms with Crippen molar-refractivity contribution < 1.29 is 4.79 Å². The van der Waals surface area contributed by atoms with Gasteiger partial charge in [-0.25, -0.2) is 0 Å².